The zero-order valence-electron chi connectivity index (χ0n) is 13.2. The number of hydrogen-bond acceptors (Lipinski definition) is 3. The van der Waals surface area contributed by atoms with Crippen LogP contribution in [-0.4, -0.2) is 30.8 Å². The molecule has 1 atom stereocenters. The highest BCUT2D eigenvalue weighted by Gasteiger charge is 2.26. The Kier molecular flexibility index (Phi) is 4.88. The summed E-state index contributed by atoms with van der Waals surface area (Å²) < 4.78 is 32.4. The first-order chi connectivity index (χ1) is 10.3. The fourth-order valence-electron chi connectivity index (χ4n) is 2.52. The van der Waals surface area contributed by atoms with Crippen molar-refractivity contribution in [3.8, 4) is 0 Å². The summed E-state index contributed by atoms with van der Waals surface area (Å²) in [5.41, 5.74) is -0.330. The maximum atomic E-state index is 13.9. The van der Waals surface area contributed by atoms with Crippen molar-refractivity contribution in [1.29, 1.82) is 0 Å². The predicted molar refractivity (Wildman–Crippen MR) is 81.0 cm³/mol. The minimum absolute atomic E-state index is 0.147. The topological polar surface area (TPSA) is 41.6 Å². The van der Waals surface area contributed by atoms with Gasteiger partial charge < -0.3 is 15.0 Å². The Hall–Kier alpha value is -1.85. The van der Waals surface area contributed by atoms with E-state index in [0.717, 1.165) is 18.9 Å². The molecule has 1 aliphatic heterocycles. The van der Waals surface area contributed by atoms with Gasteiger partial charge in [0, 0.05) is 19.1 Å². The molecule has 0 aliphatic carbocycles. The summed E-state index contributed by atoms with van der Waals surface area (Å²) in [5.74, 6) is -1.71. The molecule has 0 aromatic heterocycles. The average molecular weight is 312 g/mol. The molecule has 0 spiro atoms. The van der Waals surface area contributed by atoms with Crippen molar-refractivity contribution in [3.63, 3.8) is 0 Å². The maximum Gasteiger partial charge on any atom is 0.407 e. The molecule has 0 bridgehead atoms. The molecule has 122 valence electrons. The molecule has 6 heteroatoms. The number of hydrogen-bond donors (Lipinski definition) is 1. The summed E-state index contributed by atoms with van der Waals surface area (Å²) in [6.07, 6.45) is 1.09. The third-order valence-corrected chi connectivity index (χ3v) is 3.41. The Labute approximate surface area is 129 Å². The van der Waals surface area contributed by atoms with E-state index in [0.29, 0.717) is 13.1 Å². The molecular formula is C16H22F2N2O2. The molecule has 0 radical (unpaired) electrons. The summed E-state index contributed by atoms with van der Waals surface area (Å²) >= 11 is 0. The zero-order valence-corrected chi connectivity index (χ0v) is 13.2. The molecule has 1 amide bonds. The molecule has 1 aromatic carbocycles. The Morgan fingerprint density at radius 1 is 1.36 bits per heavy atom. The normalized spacial score (nSPS) is 19.0. The van der Waals surface area contributed by atoms with E-state index in [1.807, 2.05) is 0 Å². The molecule has 1 N–H and O–H groups in total. The third kappa shape index (κ3) is 4.32. The van der Waals surface area contributed by atoms with Crippen molar-refractivity contribution < 1.29 is 18.3 Å². The second-order valence-corrected chi connectivity index (χ2v) is 6.50. The highest BCUT2D eigenvalue weighted by Crippen LogP contribution is 2.25. The van der Waals surface area contributed by atoms with E-state index < -0.39 is 23.3 Å². The van der Waals surface area contributed by atoms with Crippen molar-refractivity contribution in [2.75, 3.05) is 18.0 Å². The number of benzene rings is 1. The maximum absolute atomic E-state index is 13.9. The minimum atomic E-state index is -0.861. The van der Waals surface area contributed by atoms with Gasteiger partial charge in [0.1, 0.15) is 5.60 Å². The zero-order chi connectivity index (χ0) is 16.3. The van der Waals surface area contributed by atoms with Gasteiger partial charge in [-0.2, -0.15) is 0 Å². The van der Waals surface area contributed by atoms with Gasteiger partial charge in [-0.15, -0.1) is 0 Å². The number of carbonyl (C=O) groups excluding carboxylic acids is 1. The molecule has 1 fully saturated rings. The van der Waals surface area contributed by atoms with Crippen LogP contribution in [-0.2, 0) is 4.74 Å². The van der Waals surface area contributed by atoms with Crippen LogP contribution in [0.4, 0.5) is 19.3 Å². The van der Waals surface area contributed by atoms with E-state index in [-0.39, 0.29) is 11.7 Å². The lowest BCUT2D eigenvalue weighted by Crippen LogP contribution is -2.49. The highest BCUT2D eigenvalue weighted by molar-refractivity contribution is 5.68. The SMILES string of the molecule is CC(C)(C)OC(=O)NC1CCCN(c2cccc(F)c2F)C1. The number of nitrogens with one attached hydrogen (secondary N) is 1. The first-order valence-electron chi connectivity index (χ1n) is 7.45. The average Bonchev–Trinajstić information content (AvgIpc) is 2.40. The fraction of sp³-hybridized carbons (Fsp3) is 0.562. The van der Waals surface area contributed by atoms with E-state index in [4.69, 9.17) is 4.74 Å². The highest BCUT2D eigenvalue weighted by atomic mass is 19.2. The number of alkyl carbamates (subject to hydrolysis) is 1. The summed E-state index contributed by atoms with van der Waals surface area (Å²) in [6, 6.07) is 3.98. The summed E-state index contributed by atoms with van der Waals surface area (Å²) in [5, 5.41) is 2.79. The first kappa shape index (κ1) is 16.5. The number of anilines is 1. The number of nitrogens with zero attached hydrogens (tertiary/aromatic N) is 1. The minimum Gasteiger partial charge on any atom is -0.444 e. The summed E-state index contributed by atoms with van der Waals surface area (Å²) in [7, 11) is 0. The molecule has 2 rings (SSSR count). The van der Waals surface area contributed by atoms with Crippen LogP contribution in [0.15, 0.2) is 18.2 Å². The molecule has 1 saturated heterocycles. The van der Waals surface area contributed by atoms with Crippen molar-refractivity contribution in [2.24, 2.45) is 0 Å². The monoisotopic (exact) mass is 312 g/mol. The van der Waals surface area contributed by atoms with E-state index >= 15 is 0 Å². The Bertz CT molecular complexity index is 543. The predicted octanol–water partition coefficient (Wildman–Crippen LogP) is 3.46. The lowest BCUT2D eigenvalue weighted by atomic mass is 10.0. The van der Waals surface area contributed by atoms with Gasteiger partial charge in [0.15, 0.2) is 11.6 Å². The Morgan fingerprint density at radius 3 is 2.77 bits per heavy atom. The number of piperidine rings is 1. The van der Waals surface area contributed by atoms with Crippen LogP contribution >= 0.6 is 0 Å². The number of rotatable bonds is 2. The van der Waals surface area contributed by atoms with Crippen LogP contribution < -0.4 is 10.2 Å². The number of amides is 1. The Balaban J connectivity index is 2.00. The van der Waals surface area contributed by atoms with Gasteiger partial charge in [-0.05, 0) is 45.7 Å². The van der Waals surface area contributed by atoms with Gasteiger partial charge in [0.2, 0.25) is 0 Å². The molecule has 1 heterocycles. The van der Waals surface area contributed by atoms with E-state index in [1.54, 1.807) is 31.7 Å². The Morgan fingerprint density at radius 2 is 2.09 bits per heavy atom. The standard InChI is InChI=1S/C16H22F2N2O2/c1-16(2,3)22-15(21)19-11-6-5-9-20(10-11)13-8-4-7-12(17)14(13)18/h4,7-8,11H,5-6,9-10H2,1-3H3,(H,19,21). The quantitative estimate of drug-likeness (QED) is 0.909. The van der Waals surface area contributed by atoms with Gasteiger partial charge in [-0.25, -0.2) is 13.6 Å². The fourth-order valence-corrected chi connectivity index (χ4v) is 2.52. The molecule has 1 unspecified atom stereocenters. The summed E-state index contributed by atoms with van der Waals surface area (Å²) in [4.78, 5) is 13.6. The van der Waals surface area contributed by atoms with Crippen LogP contribution in [0.25, 0.3) is 0 Å². The van der Waals surface area contributed by atoms with Crippen molar-refractivity contribution in [1.82, 2.24) is 5.32 Å². The second kappa shape index (κ2) is 6.50. The van der Waals surface area contributed by atoms with Crippen molar-refractivity contribution in [3.05, 3.63) is 29.8 Å². The largest absolute Gasteiger partial charge is 0.444 e. The lowest BCUT2D eigenvalue weighted by Gasteiger charge is -2.35. The molecule has 1 aromatic rings. The van der Waals surface area contributed by atoms with Gasteiger partial charge >= 0.3 is 6.09 Å². The van der Waals surface area contributed by atoms with E-state index in [1.165, 1.54) is 6.07 Å². The third-order valence-electron chi connectivity index (χ3n) is 3.41. The van der Waals surface area contributed by atoms with Gasteiger partial charge in [-0.1, -0.05) is 6.07 Å². The molecule has 22 heavy (non-hydrogen) atoms. The van der Waals surface area contributed by atoms with Crippen LogP contribution in [0, 0.1) is 11.6 Å². The van der Waals surface area contributed by atoms with Crippen LogP contribution in [0.5, 0.6) is 0 Å². The number of halogens is 2. The molecule has 1 aliphatic rings. The van der Waals surface area contributed by atoms with Gasteiger partial charge in [0.25, 0.3) is 0 Å². The van der Waals surface area contributed by atoms with Gasteiger partial charge in [0.05, 0.1) is 5.69 Å². The van der Waals surface area contributed by atoms with E-state index in [9.17, 15) is 13.6 Å². The van der Waals surface area contributed by atoms with Crippen molar-refractivity contribution >= 4 is 11.8 Å². The molecule has 0 saturated carbocycles. The second-order valence-electron chi connectivity index (χ2n) is 6.50. The number of carbonyl (C=O) groups is 1. The van der Waals surface area contributed by atoms with Gasteiger partial charge in [-0.3, -0.25) is 0 Å². The van der Waals surface area contributed by atoms with Crippen LogP contribution in [0.1, 0.15) is 33.6 Å². The van der Waals surface area contributed by atoms with E-state index in [2.05, 4.69) is 5.32 Å². The first-order valence-corrected chi connectivity index (χ1v) is 7.45. The molecule has 4 nitrogen and oxygen atoms in total. The van der Waals surface area contributed by atoms with Crippen LogP contribution in [0.2, 0.25) is 0 Å². The van der Waals surface area contributed by atoms with Crippen molar-refractivity contribution in [2.45, 2.75) is 45.3 Å². The van der Waals surface area contributed by atoms with Crippen LogP contribution in [0.3, 0.4) is 0 Å². The smallest absolute Gasteiger partial charge is 0.407 e. The summed E-state index contributed by atoms with van der Waals surface area (Å²) in [6.45, 7) is 6.44. The lowest BCUT2D eigenvalue weighted by molar-refractivity contribution is 0.0500. The molecular weight excluding hydrogens is 290 g/mol. The number of ether oxygens (including phenoxy) is 1.